The Morgan fingerprint density at radius 2 is 1.58 bits per heavy atom. The Morgan fingerprint density at radius 1 is 0.965 bits per heavy atom. The lowest BCUT2D eigenvalue weighted by Crippen LogP contribution is -2.70. The fraction of sp³-hybridized carbons (Fsp3) is 0.522. The number of rotatable bonds is 15. The summed E-state index contributed by atoms with van der Waals surface area (Å²) in [4.78, 5) is 41.0. The summed E-state index contributed by atoms with van der Waals surface area (Å²) in [6.45, 7) is 17.5. The molecule has 10 nitrogen and oxygen atoms in total. The molecule has 1 aliphatic heterocycles. The zero-order valence-electron chi connectivity index (χ0n) is 34.7. The Balaban J connectivity index is 1.02. The van der Waals surface area contributed by atoms with Crippen LogP contribution in [0.3, 0.4) is 0 Å². The summed E-state index contributed by atoms with van der Waals surface area (Å²) < 4.78 is 11.5. The molecule has 1 heterocycles. The van der Waals surface area contributed by atoms with E-state index < -0.39 is 17.6 Å². The first kappa shape index (κ1) is 43.7. The molecule has 0 radical (unpaired) electrons. The summed E-state index contributed by atoms with van der Waals surface area (Å²) in [5, 5.41) is 25.9. The predicted molar refractivity (Wildman–Crippen MR) is 223 cm³/mol. The molecule has 3 N–H and O–H groups in total. The van der Waals surface area contributed by atoms with E-state index in [1.807, 2.05) is 88.4 Å². The third kappa shape index (κ3) is 10.4. The van der Waals surface area contributed by atoms with Crippen LogP contribution in [0, 0.1) is 33.5 Å². The fourth-order valence-electron chi connectivity index (χ4n) is 8.89. The summed E-state index contributed by atoms with van der Waals surface area (Å²) in [6, 6.07) is 22.4. The van der Waals surface area contributed by atoms with E-state index in [-0.39, 0.29) is 53.8 Å². The molecule has 2 aliphatic rings. The molecule has 57 heavy (non-hydrogen) atoms. The van der Waals surface area contributed by atoms with Gasteiger partial charge in [0.1, 0.15) is 24.5 Å². The van der Waals surface area contributed by atoms with Gasteiger partial charge in [-0.3, -0.25) is 14.4 Å². The third-order valence-electron chi connectivity index (χ3n) is 11.9. The summed E-state index contributed by atoms with van der Waals surface area (Å²) in [5.41, 5.74) is 3.38. The monoisotopic (exact) mass is 798 g/mol. The van der Waals surface area contributed by atoms with Crippen LogP contribution in [0.1, 0.15) is 96.1 Å². The topological polar surface area (TPSA) is 141 Å². The zero-order valence-corrected chi connectivity index (χ0v) is 35.4. The molecule has 1 aliphatic carbocycles. The van der Waals surface area contributed by atoms with Gasteiger partial charge < -0.3 is 30.1 Å². The van der Waals surface area contributed by atoms with Crippen molar-refractivity contribution in [3.63, 3.8) is 0 Å². The second-order valence-electron chi connectivity index (χ2n) is 18.0. The number of β-amino-alcohol motifs (C(OH)–C–C–N with tert-alkyl or cyclic N) is 1. The van der Waals surface area contributed by atoms with Crippen LogP contribution in [-0.4, -0.2) is 78.3 Å². The van der Waals surface area contributed by atoms with Crippen molar-refractivity contribution >= 4 is 29.3 Å². The van der Waals surface area contributed by atoms with Gasteiger partial charge in [0.25, 0.3) is 5.91 Å². The van der Waals surface area contributed by atoms with Crippen LogP contribution < -0.4 is 15.4 Å². The number of likely N-dealkylation sites (tertiary alicyclic amines) is 1. The summed E-state index contributed by atoms with van der Waals surface area (Å²) in [5.74, 6) is 0.436. The summed E-state index contributed by atoms with van der Waals surface area (Å²) in [7, 11) is 0. The van der Waals surface area contributed by atoms with Gasteiger partial charge in [-0.15, -0.1) is 0 Å². The second-order valence-corrected chi connectivity index (χ2v) is 18.4. The smallest absolute Gasteiger partial charge is 0.251 e. The van der Waals surface area contributed by atoms with E-state index >= 15 is 0 Å². The highest BCUT2D eigenvalue weighted by molar-refractivity contribution is 6.31. The van der Waals surface area contributed by atoms with Crippen molar-refractivity contribution in [2.75, 3.05) is 26.4 Å². The Kier molecular flexibility index (Phi) is 13.8. The molecule has 3 aromatic carbocycles. The summed E-state index contributed by atoms with van der Waals surface area (Å²) in [6.07, 6.45) is 2.26. The van der Waals surface area contributed by atoms with E-state index in [1.165, 1.54) is 0 Å². The number of hydrogen-bond donors (Lipinski definition) is 3. The number of nitrogens with zero attached hydrogens (tertiary/aromatic N) is 2. The van der Waals surface area contributed by atoms with Gasteiger partial charge in [-0.2, -0.15) is 5.26 Å². The molecule has 0 aromatic heterocycles. The third-order valence-corrected chi connectivity index (χ3v) is 12.2. The van der Waals surface area contributed by atoms with Crippen LogP contribution in [0.2, 0.25) is 5.02 Å². The first-order valence-electron chi connectivity index (χ1n) is 20.0. The number of nitrogens with one attached hydrogen (secondary N) is 2. The van der Waals surface area contributed by atoms with E-state index in [4.69, 9.17) is 21.1 Å². The van der Waals surface area contributed by atoms with E-state index in [2.05, 4.69) is 44.4 Å². The number of halogens is 1. The number of benzene rings is 3. The van der Waals surface area contributed by atoms with Crippen molar-refractivity contribution in [1.82, 2.24) is 15.5 Å². The normalized spacial score (nSPS) is 21.5. The minimum absolute atomic E-state index is 0.0199. The van der Waals surface area contributed by atoms with Crippen LogP contribution in [0.5, 0.6) is 5.75 Å². The molecule has 306 valence electrons. The number of carbonyl (C=O) groups is 3. The van der Waals surface area contributed by atoms with E-state index in [0.29, 0.717) is 48.1 Å². The number of ether oxygens (including phenoxy) is 2. The number of amides is 3. The number of aliphatic hydroxyl groups is 1. The lowest BCUT2D eigenvalue weighted by molar-refractivity contribution is -0.141. The average molecular weight is 799 g/mol. The van der Waals surface area contributed by atoms with E-state index in [1.54, 1.807) is 11.0 Å². The van der Waals surface area contributed by atoms with Gasteiger partial charge in [-0.25, -0.2) is 0 Å². The lowest BCUT2D eigenvalue weighted by Gasteiger charge is -2.64. The van der Waals surface area contributed by atoms with Gasteiger partial charge >= 0.3 is 0 Å². The summed E-state index contributed by atoms with van der Waals surface area (Å²) >= 11 is 6.31. The Hall–Kier alpha value is -4.43. The first-order chi connectivity index (χ1) is 26.8. The molecule has 11 heteroatoms. The highest BCUT2D eigenvalue weighted by atomic mass is 35.5. The Morgan fingerprint density at radius 3 is 2.14 bits per heavy atom. The molecule has 5 rings (SSSR count). The van der Waals surface area contributed by atoms with Crippen molar-refractivity contribution in [3.8, 4) is 22.9 Å². The van der Waals surface area contributed by atoms with Gasteiger partial charge in [0, 0.05) is 30.8 Å². The maximum absolute atomic E-state index is 13.4. The van der Waals surface area contributed by atoms with Gasteiger partial charge in [0.05, 0.1) is 23.3 Å². The highest BCUT2D eigenvalue weighted by Crippen LogP contribution is 2.60. The fourth-order valence-corrected chi connectivity index (χ4v) is 9.14. The first-order valence-corrected chi connectivity index (χ1v) is 20.4. The average Bonchev–Trinajstić information content (AvgIpc) is 3.51. The Labute approximate surface area is 343 Å². The number of hydrogen-bond acceptors (Lipinski definition) is 7. The standard InChI is InChI=1S/C46H59ClN4O6/c1-29-23-35(52)27-51(29)42(55)40(44(2,3)4)49-39(53)28-56-21-9-10-22-57-36-19-17-32(18-20-36)31-13-15-33(16-14-31)41(54)50-43-45(5,6)38(46(43,7)8)25-30-11-12-34(26-48)37(47)24-30/h11-20,24,29,35,38,40,43,52H,9-10,21-23,25,27-28H2,1-8H3,(H,49,53)(H,50,54)/t29-,35-,38?,40?,43?/m1/s1. The second kappa shape index (κ2) is 18.0. The van der Waals surface area contributed by atoms with Gasteiger partial charge in [0.2, 0.25) is 11.8 Å². The molecule has 3 aromatic rings. The molecule has 0 bridgehead atoms. The molecular weight excluding hydrogens is 740 g/mol. The predicted octanol–water partition coefficient (Wildman–Crippen LogP) is 7.59. The Bertz CT molecular complexity index is 1920. The van der Waals surface area contributed by atoms with Crippen molar-refractivity contribution < 1.29 is 29.0 Å². The lowest BCUT2D eigenvalue weighted by atomic mass is 9.43. The molecule has 1 saturated carbocycles. The quantitative estimate of drug-likeness (QED) is 0.135. The molecule has 3 atom stereocenters. The minimum Gasteiger partial charge on any atom is -0.494 e. The number of aliphatic hydroxyl groups excluding tert-OH is 1. The molecule has 0 spiro atoms. The van der Waals surface area contributed by atoms with Crippen LogP contribution >= 0.6 is 11.6 Å². The minimum atomic E-state index is -0.714. The van der Waals surface area contributed by atoms with Gasteiger partial charge in [-0.1, -0.05) is 90.4 Å². The zero-order chi connectivity index (χ0) is 41.7. The molecule has 2 fully saturated rings. The molecular formula is C46H59ClN4O6. The van der Waals surface area contributed by atoms with Crippen molar-refractivity contribution in [1.29, 1.82) is 5.26 Å². The van der Waals surface area contributed by atoms with E-state index in [0.717, 1.165) is 35.3 Å². The number of carbonyl (C=O) groups excluding carboxylic acids is 3. The van der Waals surface area contributed by atoms with Crippen molar-refractivity contribution in [2.24, 2.45) is 22.2 Å². The van der Waals surface area contributed by atoms with Crippen LogP contribution in [0.4, 0.5) is 0 Å². The molecule has 1 unspecified atom stereocenters. The number of unbranched alkanes of at least 4 members (excludes halogenated alkanes) is 1. The van der Waals surface area contributed by atoms with Crippen LogP contribution in [0.15, 0.2) is 66.7 Å². The van der Waals surface area contributed by atoms with Gasteiger partial charge in [0.15, 0.2) is 0 Å². The van der Waals surface area contributed by atoms with Gasteiger partial charge in [-0.05, 0) is 108 Å². The largest absolute Gasteiger partial charge is 0.494 e. The molecule has 1 saturated heterocycles. The van der Waals surface area contributed by atoms with Crippen molar-refractivity contribution in [3.05, 3.63) is 88.4 Å². The van der Waals surface area contributed by atoms with Crippen LogP contribution in [0.25, 0.3) is 11.1 Å². The van der Waals surface area contributed by atoms with E-state index in [9.17, 15) is 24.8 Å². The maximum Gasteiger partial charge on any atom is 0.251 e. The highest BCUT2D eigenvalue weighted by Gasteiger charge is 2.61. The number of nitriles is 1. The molecule has 3 amide bonds. The van der Waals surface area contributed by atoms with Crippen LogP contribution in [-0.2, 0) is 20.7 Å². The SMILES string of the molecule is C[C@@H]1C[C@@H](O)CN1C(=O)C(NC(=O)COCCCCOc1ccc(-c2ccc(C(=O)NC3C(C)(C)C(Cc4ccc(C#N)c(Cl)c4)C3(C)C)cc2)cc1)C(C)(C)C. The van der Waals surface area contributed by atoms with Crippen molar-refractivity contribution in [2.45, 2.75) is 105 Å². The maximum atomic E-state index is 13.4.